The van der Waals surface area contributed by atoms with Crippen LogP contribution in [-0.4, -0.2) is 34.4 Å². The molecule has 2 aliphatic heterocycles. The van der Waals surface area contributed by atoms with E-state index in [1.165, 1.54) is 6.07 Å². The minimum absolute atomic E-state index is 0.0260. The monoisotopic (exact) mass is 325 g/mol. The van der Waals surface area contributed by atoms with Crippen molar-refractivity contribution in [2.24, 2.45) is 5.92 Å². The fourth-order valence-electron chi connectivity index (χ4n) is 4.20. The molecule has 0 amide bonds. The Morgan fingerprint density at radius 3 is 2.87 bits per heavy atom. The number of carbonyl (C=O) groups is 1. The second-order valence-electron chi connectivity index (χ2n) is 6.51. The SMILES string of the molecule is O=C(O)C[C@@H]1[C@H]2CC[C@H](C2)N1Cc1ccc2c(c1)OC(F)(F)O2. The van der Waals surface area contributed by atoms with Gasteiger partial charge in [0, 0.05) is 18.6 Å². The molecule has 1 saturated heterocycles. The maximum atomic E-state index is 13.1. The molecular formula is C16H17F2NO4. The molecule has 3 atom stereocenters. The van der Waals surface area contributed by atoms with Crippen molar-refractivity contribution in [3.8, 4) is 11.5 Å². The number of piperidine rings is 1. The maximum Gasteiger partial charge on any atom is 0.586 e. The highest BCUT2D eigenvalue weighted by Gasteiger charge is 2.47. The summed E-state index contributed by atoms with van der Waals surface area (Å²) in [4.78, 5) is 13.3. The van der Waals surface area contributed by atoms with Gasteiger partial charge in [-0.05, 0) is 42.9 Å². The predicted octanol–water partition coefficient (Wildman–Crippen LogP) is 2.84. The van der Waals surface area contributed by atoms with Crippen molar-refractivity contribution in [2.45, 2.75) is 50.6 Å². The van der Waals surface area contributed by atoms with Crippen LogP contribution >= 0.6 is 0 Å². The summed E-state index contributed by atoms with van der Waals surface area (Å²) in [6.07, 6.45) is -0.306. The van der Waals surface area contributed by atoms with Gasteiger partial charge in [0.1, 0.15) is 0 Å². The van der Waals surface area contributed by atoms with E-state index in [1.807, 2.05) is 0 Å². The number of nitrogens with zero attached hydrogens (tertiary/aromatic N) is 1. The summed E-state index contributed by atoms with van der Waals surface area (Å²) in [5.74, 6) is -0.303. The minimum Gasteiger partial charge on any atom is -0.481 e. The van der Waals surface area contributed by atoms with Crippen molar-refractivity contribution < 1.29 is 28.2 Å². The average molecular weight is 325 g/mol. The molecular weight excluding hydrogens is 308 g/mol. The number of ether oxygens (including phenoxy) is 2. The lowest BCUT2D eigenvalue weighted by atomic mass is 9.95. The van der Waals surface area contributed by atoms with Crippen molar-refractivity contribution in [1.29, 1.82) is 0 Å². The Kier molecular flexibility index (Phi) is 3.23. The normalized spacial score (nSPS) is 30.8. The van der Waals surface area contributed by atoms with Crippen molar-refractivity contribution in [1.82, 2.24) is 4.90 Å². The van der Waals surface area contributed by atoms with Gasteiger partial charge < -0.3 is 14.6 Å². The van der Waals surface area contributed by atoms with Gasteiger partial charge in [-0.15, -0.1) is 8.78 Å². The molecule has 1 aliphatic carbocycles. The largest absolute Gasteiger partial charge is 0.586 e. The first kappa shape index (κ1) is 14.7. The number of alkyl halides is 2. The van der Waals surface area contributed by atoms with Gasteiger partial charge in [0.2, 0.25) is 0 Å². The minimum atomic E-state index is -3.61. The van der Waals surface area contributed by atoms with Crippen LogP contribution in [0.2, 0.25) is 0 Å². The van der Waals surface area contributed by atoms with E-state index in [0.717, 1.165) is 24.8 Å². The molecule has 2 fully saturated rings. The molecule has 0 spiro atoms. The van der Waals surface area contributed by atoms with Gasteiger partial charge >= 0.3 is 12.3 Å². The molecule has 1 saturated carbocycles. The van der Waals surface area contributed by atoms with E-state index in [9.17, 15) is 13.6 Å². The van der Waals surface area contributed by atoms with Gasteiger partial charge in [0.25, 0.3) is 0 Å². The smallest absolute Gasteiger partial charge is 0.481 e. The standard InChI is InChI=1S/C16H17F2NO4/c17-16(18)22-13-4-1-9(5-14(13)23-16)8-19-11-3-2-10(6-11)12(19)7-15(20)21/h1,4-5,10-12H,2-3,6-8H2,(H,20,21)/t10-,11+,12+/m0/s1. The average Bonchev–Trinajstić information content (AvgIpc) is 3.11. The second-order valence-corrected chi connectivity index (χ2v) is 6.51. The molecule has 124 valence electrons. The number of aliphatic carboxylic acids is 1. The summed E-state index contributed by atoms with van der Waals surface area (Å²) < 4.78 is 35.0. The van der Waals surface area contributed by atoms with Gasteiger partial charge in [0.15, 0.2) is 11.5 Å². The Morgan fingerprint density at radius 1 is 1.30 bits per heavy atom. The van der Waals surface area contributed by atoms with Crippen LogP contribution in [0.15, 0.2) is 18.2 Å². The summed E-state index contributed by atoms with van der Waals surface area (Å²) in [5, 5.41) is 9.12. The van der Waals surface area contributed by atoms with Crippen LogP contribution in [0.25, 0.3) is 0 Å². The summed E-state index contributed by atoms with van der Waals surface area (Å²) in [5.41, 5.74) is 0.827. The van der Waals surface area contributed by atoms with Gasteiger partial charge in [-0.2, -0.15) is 0 Å². The highest BCUT2D eigenvalue weighted by atomic mass is 19.3. The first-order valence-corrected chi connectivity index (χ1v) is 7.77. The van der Waals surface area contributed by atoms with Gasteiger partial charge in [-0.3, -0.25) is 9.69 Å². The van der Waals surface area contributed by atoms with E-state index < -0.39 is 12.3 Å². The van der Waals surface area contributed by atoms with E-state index in [1.54, 1.807) is 12.1 Å². The van der Waals surface area contributed by atoms with Crippen LogP contribution in [0.3, 0.4) is 0 Å². The van der Waals surface area contributed by atoms with E-state index in [4.69, 9.17) is 5.11 Å². The van der Waals surface area contributed by atoms with Crippen molar-refractivity contribution in [3.05, 3.63) is 23.8 Å². The van der Waals surface area contributed by atoms with Gasteiger partial charge in [-0.25, -0.2) is 0 Å². The quantitative estimate of drug-likeness (QED) is 0.922. The van der Waals surface area contributed by atoms with Crippen LogP contribution in [0, 0.1) is 5.92 Å². The third-order valence-corrected chi connectivity index (χ3v) is 5.10. The molecule has 1 N–H and O–H groups in total. The lowest BCUT2D eigenvalue weighted by Gasteiger charge is -2.34. The van der Waals surface area contributed by atoms with E-state index in [0.29, 0.717) is 18.5 Å². The van der Waals surface area contributed by atoms with Crippen molar-refractivity contribution in [2.75, 3.05) is 0 Å². The molecule has 3 aliphatic rings. The Hall–Kier alpha value is -1.89. The Balaban J connectivity index is 1.53. The Labute approximate surface area is 131 Å². The number of halogens is 2. The molecule has 23 heavy (non-hydrogen) atoms. The zero-order valence-corrected chi connectivity index (χ0v) is 12.4. The molecule has 4 rings (SSSR count). The Bertz CT molecular complexity index is 651. The number of carboxylic acid groups (broad SMARTS) is 1. The molecule has 7 heteroatoms. The van der Waals surface area contributed by atoms with Crippen molar-refractivity contribution >= 4 is 5.97 Å². The lowest BCUT2D eigenvalue weighted by molar-refractivity contribution is -0.286. The fraction of sp³-hybridized carbons (Fsp3) is 0.562. The third-order valence-electron chi connectivity index (χ3n) is 5.10. The van der Waals surface area contributed by atoms with Crippen LogP contribution in [0.1, 0.15) is 31.2 Å². The molecule has 2 bridgehead atoms. The number of fused-ring (bicyclic) bond motifs is 3. The van der Waals surface area contributed by atoms with E-state index >= 15 is 0 Å². The van der Waals surface area contributed by atoms with E-state index in [-0.39, 0.29) is 24.0 Å². The second kappa shape index (κ2) is 5.06. The van der Waals surface area contributed by atoms with Gasteiger partial charge in [-0.1, -0.05) is 6.07 Å². The van der Waals surface area contributed by atoms with Crippen LogP contribution in [0.5, 0.6) is 11.5 Å². The van der Waals surface area contributed by atoms with Crippen molar-refractivity contribution in [3.63, 3.8) is 0 Å². The molecule has 0 radical (unpaired) electrons. The third kappa shape index (κ3) is 2.63. The zero-order valence-electron chi connectivity index (χ0n) is 12.4. The number of hydrogen-bond donors (Lipinski definition) is 1. The molecule has 0 aromatic heterocycles. The molecule has 0 unspecified atom stereocenters. The summed E-state index contributed by atoms with van der Waals surface area (Å²) in [6.45, 7) is 0.543. The lowest BCUT2D eigenvalue weighted by Crippen LogP contribution is -2.41. The molecule has 1 aromatic carbocycles. The maximum absolute atomic E-state index is 13.1. The molecule has 1 aromatic rings. The Morgan fingerprint density at radius 2 is 2.09 bits per heavy atom. The fourth-order valence-corrected chi connectivity index (χ4v) is 4.20. The van der Waals surface area contributed by atoms with E-state index in [2.05, 4.69) is 14.4 Å². The molecule has 5 nitrogen and oxygen atoms in total. The van der Waals surface area contributed by atoms with Crippen LogP contribution in [-0.2, 0) is 11.3 Å². The number of hydrogen-bond acceptors (Lipinski definition) is 4. The number of likely N-dealkylation sites (tertiary alicyclic amines) is 1. The number of benzene rings is 1. The first-order valence-electron chi connectivity index (χ1n) is 7.77. The zero-order chi connectivity index (χ0) is 16.2. The highest BCUT2D eigenvalue weighted by molar-refractivity contribution is 5.67. The first-order chi connectivity index (χ1) is 10.9. The van der Waals surface area contributed by atoms with Gasteiger partial charge in [0.05, 0.1) is 6.42 Å². The van der Waals surface area contributed by atoms with Crippen LogP contribution in [0.4, 0.5) is 8.78 Å². The number of rotatable bonds is 4. The summed E-state index contributed by atoms with van der Waals surface area (Å²) >= 11 is 0. The summed E-state index contributed by atoms with van der Waals surface area (Å²) in [6, 6.07) is 5.17. The number of carboxylic acids is 1. The van der Waals surface area contributed by atoms with Crippen LogP contribution < -0.4 is 9.47 Å². The summed E-state index contributed by atoms with van der Waals surface area (Å²) in [7, 11) is 0. The predicted molar refractivity (Wildman–Crippen MR) is 75.4 cm³/mol. The highest BCUT2D eigenvalue weighted by Crippen LogP contribution is 2.45. The molecule has 2 heterocycles. The topological polar surface area (TPSA) is 59.0 Å².